The van der Waals surface area contributed by atoms with Gasteiger partial charge in [-0.15, -0.1) is 0 Å². The number of nitrogens with one attached hydrogen (secondary N) is 2. The third kappa shape index (κ3) is 2.45. The maximum absolute atomic E-state index is 3.55. The van der Waals surface area contributed by atoms with E-state index in [0.717, 1.165) is 25.6 Å². The predicted octanol–water partition coefficient (Wildman–Crippen LogP) is 1.83. The van der Waals surface area contributed by atoms with Crippen molar-refractivity contribution in [2.75, 3.05) is 13.1 Å². The molecule has 1 aromatic rings. The van der Waals surface area contributed by atoms with E-state index in [1.54, 1.807) is 0 Å². The van der Waals surface area contributed by atoms with Gasteiger partial charge in [0.25, 0.3) is 0 Å². The number of benzene rings is 1. The van der Waals surface area contributed by atoms with E-state index in [-0.39, 0.29) is 0 Å². The van der Waals surface area contributed by atoms with Crippen molar-refractivity contribution in [3.8, 4) is 0 Å². The zero-order valence-electron chi connectivity index (χ0n) is 9.76. The monoisotopic (exact) mass is 216 g/mol. The molecule has 1 aromatic carbocycles. The van der Waals surface area contributed by atoms with Crippen LogP contribution in [0.1, 0.15) is 29.5 Å². The van der Waals surface area contributed by atoms with Crippen LogP contribution in [0.15, 0.2) is 18.2 Å². The molecule has 1 saturated carbocycles. The minimum atomic E-state index is 0.972. The Morgan fingerprint density at radius 1 is 1.25 bits per heavy atom. The van der Waals surface area contributed by atoms with Gasteiger partial charge in [0, 0.05) is 13.1 Å². The molecule has 2 nitrogen and oxygen atoms in total. The maximum Gasteiger partial charge on any atom is 0.0208 e. The van der Waals surface area contributed by atoms with Gasteiger partial charge in [-0.3, -0.25) is 0 Å². The fourth-order valence-corrected chi connectivity index (χ4v) is 2.39. The summed E-state index contributed by atoms with van der Waals surface area (Å²) in [5.41, 5.74) is 4.46. The minimum Gasteiger partial charge on any atom is -0.312 e. The van der Waals surface area contributed by atoms with E-state index in [0.29, 0.717) is 0 Å². The highest BCUT2D eigenvalue weighted by molar-refractivity contribution is 5.33. The third-order valence-corrected chi connectivity index (χ3v) is 3.62. The van der Waals surface area contributed by atoms with Crippen molar-refractivity contribution < 1.29 is 0 Å². The van der Waals surface area contributed by atoms with Crippen LogP contribution in [0.25, 0.3) is 0 Å². The van der Waals surface area contributed by atoms with Crippen molar-refractivity contribution in [3.63, 3.8) is 0 Å². The van der Waals surface area contributed by atoms with Gasteiger partial charge in [0.15, 0.2) is 0 Å². The molecule has 0 atom stereocenters. The SMILES string of the molecule is c1cc2c(cc1CNCC1CC1)CNCC2. The quantitative estimate of drug-likeness (QED) is 0.802. The maximum atomic E-state index is 3.55. The first-order valence-electron chi connectivity index (χ1n) is 6.44. The van der Waals surface area contributed by atoms with Crippen LogP contribution in [0.2, 0.25) is 0 Å². The summed E-state index contributed by atoms with van der Waals surface area (Å²) in [5.74, 6) is 0.972. The lowest BCUT2D eigenvalue weighted by atomic mass is 9.98. The summed E-state index contributed by atoms with van der Waals surface area (Å²) >= 11 is 0. The Morgan fingerprint density at radius 2 is 2.19 bits per heavy atom. The van der Waals surface area contributed by atoms with E-state index in [1.165, 1.54) is 42.5 Å². The van der Waals surface area contributed by atoms with Gasteiger partial charge in [-0.05, 0) is 55.0 Å². The zero-order chi connectivity index (χ0) is 10.8. The van der Waals surface area contributed by atoms with Crippen LogP contribution in [0, 0.1) is 5.92 Å². The Kier molecular flexibility index (Phi) is 2.94. The Morgan fingerprint density at radius 3 is 3.06 bits per heavy atom. The molecule has 3 rings (SSSR count). The first-order chi connectivity index (χ1) is 7.92. The number of hydrogen-bond donors (Lipinski definition) is 2. The fraction of sp³-hybridized carbons (Fsp3) is 0.571. The van der Waals surface area contributed by atoms with Gasteiger partial charge in [0.05, 0.1) is 0 Å². The van der Waals surface area contributed by atoms with E-state index in [2.05, 4.69) is 28.8 Å². The van der Waals surface area contributed by atoms with E-state index in [4.69, 9.17) is 0 Å². The third-order valence-electron chi connectivity index (χ3n) is 3.62. The molecule has 1 fully saturated rings. The minimum absolute atomic E-state index is 0.972. The van der Waals surface area contributed by atoms with Crippen LogP contribution in [-0.4, -0.2) is 13.1 Å². The second-order valence-corrected chi connectivity index (χ2v) is 5.10. The van der Waals surface area contributed by atoms with Gasteiger partial charge < -0.3 is 10.6 Å². The van der Waals surface area contributed by atoms with Crippen LogP contribution < -0.4 is 10.6 Å². The van der Waals surface area contributed by atoms with Gasteiger partial charge >= 0.3 is 0 Å². The predicted molar refractivity (Wildman–Crippen MR) is 66.3 cm³/mol. The van der Waals surface area contributed by atoms with Gasteiger partial charge in [-0.25, -0.2) is 0 Å². The molecule has 1 aliphatic heterocycles. The fourth-order valence-electron chi connectivity index (χ4n) is 2.39. The van der Waals surface area contributed by atoms with Crippen molar-refractivity contribution in [1.82, 2.24) is 10.6 Å². The molecule has 0 amide bonds. The highest BCUT2D eigenvalue weighted by atomic mass is 14.9. The lowest BCUT2D eigenvalue weighted by Crippen LogP contribution is -2.24. The molecule has 2 aliphatic rings. The Labute approximate surface area is 97.4 Å². The molecule has 86 valence electrons. The Bertz CT molecular complexity index is 369. The average molecular weight is 216 g/mol. The van der Waals surface area contributed by atoms with E-state index < -0.39 is 0 Å². The molecule has 2 N–H and O–H groups in total. The topological polar surface area (TPSA) is 24.1 Å². The first kappa shape index (κ1) is 10.3. The molecular weight excluding hydrogens is 196 g/mol. The summed E-state index contributed by atoms with van der Waals surface area (Å²) in [5, 5.41) is 6.98. The van der Waals surface area contributed by atoms with Crippen LogP contribution in [-0.2, 0) is 19.5 Å². The molecule has 2 heteroatoms. The summed E-state index contributed by atoms with van der Waals surface area (Å²) in [6, 6.07) is 6.95. The van der Waals surface area contributed by atoms with Crippen LogP contribution in [0.5, 0.6) is 0 Å². The lowest BCUT2D eigenvalue weighted by molar-refractivity contribution is 0.628. The number of fused-ring (bicyclic) bond motifs is 1. The lowest BCUT2D eigenvalue weighted by Gasteiger charge is -2.18. The Balaban J connectivity index is 1.60. The molecule has 16 heavy (non-hydrogen) atoms. The first-order valence-corrected chi connectivity index (χ1v) is 6.44. The highest BCUT2D eigenvalue weighted by Gasteiger charge is 2.20. The van der Waals surface area contributed by atoms with Gasteiger partial charge in [0.2, 0.25) is 0 Å². The van der Waals surface area contributed by atoms with Crippen molar-refractivity contribution >= 4 is 0 Å². The molecule has 0 unspecified atom stereocenters. The second-order valence-electron chi connectivity index (χ2n) is 5.10. The summed E-state index contributed by atoms with van der Waals surface area (Å²) in [4.78, 5) is 0. The Hall–Kier alpha value is -0.860. The van der Waals surface area contributed by atoms with Gasteiger partial charge in [0.1, 0.15) is 0 Å². The van der Waals surface area contributed by atoms with E-state index in [9.17, 15) is 0 Å². The molecule has 0 aromatic heterocycles. The van der Waals surface area contributed by atoms with Crippen LogP contribution in [0.3, 0.4) is 0 Å². The van der Waals surface area contributed by atoms with Gasteiger partial charge in [-0.2, -0.15) is 0 Å². The van der Waals surface area contributed by atoms with Crippen molar-refractivity contribution in [2.45, 2.75) is 32.4 Å². The van der Waals surface area contributed by atoms with Crippen molar-refractivity contribution in [3.05, 3.63) is 34.9 Å². The summed E-state index contributed by atoms with van der Waals surface area (Å²) in [6.07, 6.45) is 4.05. The summed E-state index contributed by atoms with van der Waals surface area (Å²) < 4.78 is 0. The average Bonchev–Trinajstić information content (AvgIpc) is 3.13. The molecule has 0 saturated heterocycles. The molecule has 0 spiro atoms. The standard InChI is InChI=1S/C14H20N2/c1-2-11(1)8-16-9-12-3-4-13-5-6-15-10-14(13)7-12/h3-4,7,11,15-16H,1-2,5-6,8-10H2. The number of hydrogen-bond acceptors (Lipinski definition) is 2. The smallest absolute Gasteiger partial charge is 0.0208 e. The number of rotatable bonds is 4. The van der Waals surface area contributed by atoms with Crippen LogP contribution >= 0.6 is 0 Å². The van der Waals surface area contributed by atoms with Crippen LogP contribution in [0.4, 0.5) is 0 Å². The molecular formula is C14H20N2. The molecule has 0 radical (unpaired) electrons. The molecule has 1 heterocycles. The van der Waals surface area contributed by atoms with Gasteiger partial charge in [-0.1, -0.05) is 18.2 Å². The van der Waals surface area contributed by atoms with Crippen molar-refractivity contribution in [2.24, 2.45) is 5.92 Å². The largest absolute Gasteiger partial charge is 0.312 e. The zero-order valence-corrected chi connectivity index (χ0v) is 9.76. The van der Waals surface area contributed by atoms with E-state index in [1.807, 2.05) is 0 Å². The van der Waals surface area contributed by atoms with E-state index >= 15 is 0 Å². The summed E-state index contributed by atoms with van der Waals surface area (Å²) in [6.45, 7) is 4.41. The molecule has 0 bridgehead atoms. The summed E-state index contributed by atoms with van der Waals surface area (Å²) in [7, 11) is 0. The normalized spacial score (nSPS) is 19.5. The highest BCUT2D eigenvalue weighted by Crippen LogP contribution is 2.27. The molecule has 1 aliphatic carbocycles. The second kappa shape index (κ2) is 4.56. The van der Waals surface area contributed by atoms with Crippen molar-refractivity contribution in [1.29, 1.82) is 0 Å².